The van der Waals surface area contributed by atoms with E-state index in [9.17, 15) is 0 Å². The van der Waals surface area contributed by atoms with Crippen LogP contribution in [-0.2, 0) is 0 Å². The lowest BCUT2D eigenvalue weighted by Gasteiger charge is -2.40. The summed E-state index contributed by atoms with van der Waals surface area (Å²) < 4.78 is 2.35. The van der Waals surface area contributed by atoms with E-state index in [4.69, 9.17) is 0 Å². The molecule has 0 unspecified atom stereocenters. The molecule has 0 aliphatic carbocycles. The van der Waals surface area contributed by atoms with E-state index >= 15 is 0 Å². The highest BCUT2D eigenvalue weighted by atomic mass is 79.9. The summed E-state index contributed by atoms with van der Waals surface area (Å²) in [6.45, 7) is 8.81. The van der Waals surface area contributed by atoms with Crippen LogP contribution in [-0.4, -0.2) is 16.8 Å². The van der Waals surface area contributed by atoms with Gasteiger partial charge < -0.3 is 27.6 Å². The Balaban J connectivity index is 3.68. The van der Waals surface area contributed by atoms with Crippen LogP contribution in [0, 0.1) is 0 Å². The highest BCUT2D eigenvalue weighted by Crippen LogP contribution is 2.30. The van der Waals surface area contributed by atoms with E-state index < -0.39 is 0 Å². The van der Waals surface area contributed by atoms with E-state index in [2.05, 4.69) is 47.9 Å². The van der Waals surface area contributed by atoms with Crippen LogP contribution in [0.15, 0.2) is 0 Å². The minimum Gasteiger partial charge on any atom is -0.445 e. The maximum absolute atomic E-state index is 3.42. The SMILES string of the molecule is CC(C)N([P-]Br)C(C)C. The number of nitrogens with zero attached hydrogens (tertiary/aromatic N) is 1. The Morgan fingerprint density at radius 2 is 1.44 bits per heavy atom. The third-order valence-corrected chi connectivity index (χ3v) is 3.34. The first-order valence-corrected chi connectivity index (χ1v) is 6.06. The average molecular weight is 211 g/mol. The Bertz CT molecular complexity index is 67.5. The second-order valence-electron chi connectivity index (χ2n) is 2.64. The fourth-order valence-corrected chi connectivity index (χ4v) is 3.32. The molecule has 3 heteroatoms. The van der Waals surface area contributed by atoms with Gasteiger partial charge in [0.2, 0.25) is 0 Å². The molecule has 0 N–H and O–H groups in total. The Labute approximate surface area is 67.8 Å². The summed E-state index contributed by atoms with van der Waals surface area (Å²) in [4.78, 5) is 0. The standard InChI is InChI=1S/C6H14BrNP/c1-5(2)8(9-7)6(3)4/h5-6H,1-4H3/q-1. The van der Waals surface area contributed by atoms with E-state index in [-0.39, 0.29) is 0 Å². The fourth-order valence-electron chi connectivity index (χ4n) is 0.771. The zero-order valence-electron chi connectivity index (χ0n) is 6.43. The number of halogens is 1. The molecule has 0 amide bonds. The smallest absolute Gasteiger partial charge is 0.0225 e. The van der Waals surface area contributed by atoms with Crippen molar-refractivity contribution in [3.63, 3.8) is 0 Å². The molecular formula is C6H14BrNP-. The van der Waals surface area contributed by atoms with Gasteiger partial charge in [0.05, 0.1) is 0 Å². The predicted molar refractivity (Wildman–Crippen MR) is 48.0 cm³/mol. The lowest BCUT2D eigenvalue weighted by Crippen LogP contribution is -2.28. The van der Waals surface area contributed by atoms with Gasteiger partial charge in [0, 0.05) is 0 Å². The lowest BCUT2D eigenvalue weighted by molar-refractivity contribution is 0.333. The summed E-state index contributed by atoms with van der Waals surface area (Å²) in [5.74, 6) is 0. The van der Waals surface area contributed by atoms with E-state index in [0.29, 0.717) is 12.1 Å². The minimum atomic E-state index is 0.631. The average Bonchev–Trinajstić information content (AvgIpc) is 1.64. The maximum atomic E-state index is 3.42. The Kier molecular flexibility index (Phi) is 5.10. The zero-order chi connectivity index (χ0) is 7.44. The largest absolute Gasteiger partial charge is 0.445 e. The van der Waals surface area contributed by atoms with Crippen LogP contribution in [0.2, 0.25) is 0 Å². The Morgan fingerprint density at radius 3 is 1.44 bits per heavy atom. The van der Waals surface area contributed by atoms with Crippen LogP contribution in [0.25, 0.3) is 0 Å². The summed E-state index contributed by atoms with van der Waals surface area (Å²) >= 11 is 3.42. The molecule has 9 heavy (non-hydrogen) atoms. The molecule has 0 saturated carbocycles. The van der Waals surface area contributed by atoms with Gasteiger partial charge in [-0.1, -0.05) is 27.7 Å². The maximum Gasteiger partial charge on any atom is -0.0225 e. The summed E-state index contributed by atoms with van der Waals surface area (Å²) in [5, 5.41) is 0. The van der Waals surface area contributed by atoms with E-state index in [1.165, 1.54) is 7.43 Å². The van der Waals surface area contributed by atoms with Gasteiger partial charge in [0.15, 0.2) is 0 Å². The summed E-state index contributed by atoms with van der Waals surface area (Å²) in [5.41, 5.74) is 0. The van der Waals surface area contributed by atoms with E-state index in [1.54, 1.807) is 0 Å². The molecule has 1 nitrogen and oxygen atoms in total. The topological polar surface area (TPSA) is 3.24 Å². The van der Waals surface area contributed by atoms with Crippen molar-refractivity contribution in [1.29, 1.82) is 0 Å². The molecule has 0 atom stereocenters. The van der Waals surface area contributed by atoms with Crippen molar-refractivity contribution in [2.75, 3.05) is 0 Å². The Hall–Kier alpha value is 0.870. The van der Waals surface area contributed by atoms with Crippen molar-refractivity contribution < 1.29 is 0 Å². The van der Waals surface area contributed by atoms with Crippen LogP contribution in [0.5, 0.6) is 0 Å². The third-order valence-electron chi connectivity index (χ3n) is 1.15. The number of rotatable bonds is 3. The highest BCUT2D eigenvalue weighted by molar-refractivity contribution is 9.36. The van der Waals surface area contributed by atoms with Gasteiger partial charge in [0.1, 0.15) is 0 Å². The van der Waals surface area contributed by atoms with Gasteiger partial charge in [-0.25, -0.2) is 0 Å². The number of hydrogen-bond donors (Lipinski definition) is 0. The molecule has 0 aromatic heterocycles. The van der Waals surface area contributed by atoms with Crippen molar-refractivity contribution in [2.45, 2.75) is 39.8 Å². The molecule has 0 fully saturated rings. The molecule has 0 rings (SSSR count). The van der Waals surface area contributed by atoms with Crippen LogP contribution in [0.1, 0.15) is 27.7 Å². The molecule has 0 aromatic rings. The quantitative estimate of drug-likeness (QED) is 0.647. The van der Waals surface area contributed by atoms with Crippen LogP contribution < -0.4 is 0 Å². The summed E-state index contributed by atoms with van der Waals surface area (Å²) in [6, 6.07) is 1.26. The molecular weight excluding hydrogens is 197 g/mol. The van der Waals surface area contributed by atoms with Crippen LogP contribution >= 0.6 is 22.9 Å². The lowest BCUT2D eigenvalue weighted by atomic mass is 10.3. The van der Waals surface area contributed by atoms with Crippen molar-refractivity contribution in [3.05, 3.63) is 0 Å². The first kappa shape index (κ1) is 9.87. The van der Waals surface area contributed by atoms with Crippen LogP contribution in [0.4, 0.5) is 0 Å². The first-order valence-electron chi connectivity index (χ1n) is 3.19. The normalized spacial score (nSPS) is 13.3. The summed E-state index contributed by atoms with van der Waals surface area (Å²) in [7, 11) is 1.19. The van der Waals surface area contributed by atoms with E-state index in [0.717, 1.165) is 0 Å². The van der Waals surface area contributed by atoms with Gasteiger partial charge in [0.25, 0.3) is 0 Å². The van der Waals surface area contributed by atoms with Gasteiger partial charge in [-0.15, -0.1) is 0 Å². The molecule has 0 radical (unpaired) electrons. The molecule has 0 aliphatic rings. The molecule has 0 bridgehead atoms. The predicted octanol–water partition coefficient (Wildman–Crippen LogP) is 3.28. The third kappa shape index (κ3) is 3.54. The monoisotopic (exact) mass is 210 g/mol. The Morgan fingerprint density at radius 1 is 1.11 bits per heavy atom. The van der Waals surface area contributed by atoms with Crippen LogP contribution in [0.3, 0.4) is 0 Å². The van der Waals surface area contributed by atoms with Crippen molar-refractivity contribution in [2.24, 2.45) is 0 Å². The molecule has 0 spiro atoms. The van der Waals surface area contributed by atoms with Gasteiger partial charge >= 0.3 is 0 Å². The summed E-state index contributed by atoms with van der Waals surface area (Å²) in [6.07, 6.45) is 0. The fraction of sp³-hybridized carbons (Fsp3) is 1.00. The second kappa shape index (κ2) is 4.65. The minimum absolute atomic E-state index is 0.631. The van der Waals surface area contributed by atoms with Crippen molar-refractivity contribution in [3.8, 4) is 0 Å². The molecule has 0 heterocycles. The molecule has 0 aliphatic heterocycles. The van der Waals surface area contributed by atoms with Gasteiger partial charge in [-0.3, -0.25) is 0 Å². The van der Waals surface area contributed by atoms with Gasteiger partial charge in [-0.2, -0.15) is 0 Å². The van der Waals surface area contributed by atoms with E-state index in [1.807, 2.05) is 0 Å². The second-order valence-corrected chi connectivity index (χ2v) is 4.21. The zero-order valence-corrected chi connectivity index (χ0v) is 8.91. The molecule has 0 saturated heterocycles. The van der Waals surface area contributed by atoms with Crippen molar-refractivity contribution in [1.82, 2.24) is 4.67 Å². The number of hydrogen-bond acceptors (Lipinski definition) is 1. The van der Waals surface area contributed by atoms with Gasteiger partial charge in [-0.05, 0) is 12.1 Å². The first-order chi connectivity index (χ1) is 4.09. The molecule has 56 valence electrons. The highest BCUT2D eigenvalue weighted by Gasteiger charge is 2.00. The van der Waals surface area contributed by atoms with Crippen molar-refractivity contribution >= 4 is 22.9 Å². The molecule has 0 aromatic carbocycles.